The van der Waals surface area contributed by atoms with E-state index in [4.69, 9.17) is 5.26 Å². The lowest BCUT2D eigenvalue weighted by Crippen LogP contribution is -2.07. The molecule has 0 fully saturated rings. The fraction of sp³-hybridized carbons (Fsp3) is 0.0769. The van der Waals surface area contributed by atoms with Crippen molar-refractivity contribution in [2.24, 2.45) is 0 Å². The summed E-state index contributed by atoms with van der Waals surface area (Å²) in [5.74, 6) is -1.30. The van der Waals surface area contributed by atoms with E-state index in [-0.39, 0.29) is 22.9 Å². The molecule has 25 heavy (non-hydrogen) atoms. The first-order chi connectivity index (χ1) is 12.0. The number of alkyl halides is 3. The van der Waals surface area contributed by atoms with Crippen LogP contribution in [-0.2, 0) is 6.18 Å². The average Bonchev–Trinajstić information content (AvgIpc) is 3.30. The Morgan fingerprint density at radius 3 is 2.68 bits per heavy atom. The number of H-pyrrole nitrogens is 2. The minimum absolute atomic E-state index is 0.0924. The number of halogens is 3. The zero-order chi connectivity index (χ0) is 17.6. The molecule has 0 aromatic carbocycles. The number of hydrogen-bond donors (Lipinski definition) is 2. The van der Waals surface area contributed by atoms with Crippen molar-refractivity contribution in [3.63, 3.8) is 0 Å². The second-order valence-electron chi connectivity index (χ2n) is 4.90. The van der Waals surface area contributed by atoms with E-state index in [0.717, 1.165) is 0 Å². The third-order valence-corrected chi connectivity index (χ3v) is 3.33. The van der Waals surface area contributed by atoms with E-state index in [1.807, 2.05) is 6.07 Å². The van der Waals surface area contributed by atoms with Gasteiger partial charge in [0.05, 0.1) is 30.0 Å². The first-order valence-corrected chi connectivity index (χ1v) is 6.74. The van der Waals surface area contributed by atoms with Crippen molar-refractivity contribution in [3.05, 3.63) is 36.3 Å². The third-order valence-electron chi connectivity index (χ3n) is 3.33. The minimum Gasteiger partial charge on any atom is -0.343 e. The van der Waals surface area contributed by atoms with Gasteiger partial charge in [-0.3, -0.25) is 9.50 Å². The van der Waals surface area contributed by atoms with Crippen molar-refractivity contribution in [1.82, 2.24) is 39.5 Å². The van der Waals surface area contributed by atoms with Gasteiger partial charge in [-0.2, -0.15) is 18.4 Å². The Hall–Kier alpha value is -3.75. The SMILES string of the molecule is N#Cc1cnc2nc(-c3nc(C(F)(F)F)n[nH]3)c(-c3cnc[nH]3)n2c1. The van der Waals surface area contributed by atoms with Crippen LogP contribution in [0.25, 0.3) is 28.7 Å². The summed E-state index contributed by atoms with van der Waals surface area (Å²) in [5, 5.41) is 14.5. The molecule has 12 heteroatoms. The van der Waals surface area contributed by atoms with Gasteiger partial charge in [-0.15, -0.1) is 5.10 Å². The second-order valence-corrected chi connectivity index (χ2v) is 4.90. The van der Waals surface area contributed by atoms with Crippen LogP contribution in [0.1, 0.15) is 11.4 Å². The molecule has 0 saturated heterocycles. The number of aromatic amines is 2. The molecule has 0 aliphatic heterocycles. The molecule has 4 aromatic rings. The van der Waals surface area contributed by atoms with Crippen molar-refractivity contribution >= 4 is 5.78 Å². The molecule has 0 unspecified atom stereocenters. The Morgan fingerprint density at radius 2 is 2.04 bits per heavy atom. The maximum absolute atomic E-state index is 12.8. The van der Waals surface area contributed by atoms with Gasteiger partial charge in [0.1, 0.15) is 17.5 Å². The van der Waals surface area contributed by atoms with Crippen LogP contribution in [-0.4, -0.2) is 39.5 Å². The summed E-state index contributed by atoms with van der Waals surface area (Å²) in [5.41, 5.74) is 1.16. The van der Waals surface area contributed by atoms with E-state index in [1.165, 1.54) is 29.3 Å². The molecular formula is C13H6F3N9. The predicted molar refractivity (Wildman–Crippen MR) is 75.7 cm³/mol. The summed E-state index contributed by atoms with van der Waals surface area (Å²) in [6, 6.07) is 1.94. The molecule has 9 nitrogen and oxygen atoms in total. The summed E-state index contributed by atoms with van der Waals surface area (Å²) in [6.07, 6.45) is 0.962. The molecule has 0 saturated carbocycles. The Morgan fingerprint density at radius 1 is 1.20 bits per heavy atom. The summed E-state index contributed by atoms with van der Waals surface area (Å²) in [7, 11) is 0. The van der Waals surface area contributed by atoms with Crippen LogP contribution >= 0.6 is 0 Å². The molecule has 0 amide bonds. The van der Waals surface area contributed by atoms with Gasteiger partial charge in [-0.05, 0) is 0 Å². The van der Waals surface area contributed by atoms with Crippen LogP contribution in [0.5, 0.6) is 0 Å². The van der Waals surface area contributed by atoms with E-state index < -0.39 is 12.0 Å². The highest BCUT2D eigenvalue weighted by molar-refractivity contribution is 5.76. The lowest BCUT2D eigenvalue weighted by molar-refractivity contribution is -0.144. The van der Waals surface area contributed by atoms with Gasteiger partial charge in [-0.25, -0.2) is 19.9 Å². The van der Waals surface area contributed by atoms with Crippen molar-refractivity contribution in [2.75, 3.05) is 0 Å². The number of rotatable bonds is 2. The van der Waals surface area contributed by atoms with Gasteiger partial charge >= 0.3 is 6.18 Å². The largest absolute Gasteiger partial charge is 0.453 e. The Labute approximate surface area is 136 Å². The normalized spacial score (nSPS) is 11.8. The summed E-state index contributed by atoms with van der Waals surface area (Å²) in [4.78, 5) is 18.5. The second kappa shape index (κ2) is 5.13. The fourth-order valence-corrected chi connectivity index (χ4v) is 2.29. The molecule has 0 bridgehead atoms. The van der Waals surface area contributed by atoms with Crippen LogP contribution in [0.3, 0.4) is 0 Å². The van der Waals surface area contributed by atoms with Crippen LogP contribution in [0.4, 0.5) is 13.2 Å². The Balaban J connectivity index is 1.99. The van der Waals surface area contributed by atoms with Crippen LogP contribution in [0.15, 0.2) is 24.9 Å². The van der Waals surface area contributed by atoms with Crippen molar-refractivity contribution < 1.29 is 13.2 Å². The van der Waals surface area contributed by atoms with Gasteiger partial charge in [0.25, 0.3) is 5.82 Å². The molecular weight excluding hydrogens is 339 g/mol. The first-order valence-electron chi connectivity index (χ1n) is 6.74. The summed E-state index contributed by atoms with van der Waals surface area (Å²) in [6.45, 7) is 0. The number of hydrogen-bond acceptors (Lipinski definition) is 6. The molecule has 0 spiro atoms. The van der Waals surface area contributed by atoms with Gasteiger partial charge in [0.15, 0.2) is 5.82 Å². The van der Waals surface area contributed by atoms with Crippen LogP contribution in [0, 0.1) is 11.3 Å². The number of imidazole rings is 2. The summed E-state index contributed by atoms with van der Waals surface area (Å²) < 4.78 is 39.7. The monoisotopic (exact) mass is 345 g/mol. The van der Waals surface area contributed by atoms with Crippen molar-refractivity contribution in [2.45, 2.75) is 6.18 Å². The molecule has 4 rings (SSSR count). The van der Waals surface area contributed by atoms with E-state index in [1.54, 1.807) is 0 Å². The van der Waals surface area contributed by atoms with E-state index in [2.05, 4.69) is 35.1 Å². The number of nitrogens with zero attached hydrogens (tertiary/aromatic N) is 7. The van der Waals surface area contributed by atoms with Gasteiger partial charge in [0, 0.05) is 6.20 Å². The zero-order valence-corrected chi connectivity index (χ0v) is 12.1. The maximum atomic E-state index is 12.8. The first kappa shape index (κ1) is 14.8. The van der Waals surface area contributed by atoms with Gasteiger partial charge in [-0.1, -0.05) is 0 Å². The number of nitriles is 1. The van der Waals surface area contributed by atoms with Crippen LogP contribution in [0.2, 0.25) is 0 Å². The molecule has 0 aliphatic carbocycles. The quantitative estimate of drug-likeness (QED) is 0.571. The fourth-order valence-electron chi connectivity index (χ4n) is 2.29. The summed E-state index contributed by atoms with van der Waals surface area (Å²) >= 11 is 0. The number of fused-ring (bicyclic) bond motifs is 1. The zero-order valence-electron chi connectivity index (χ0n) is 12.1. The Bertz CT molecular complexity index is 1100. The van der Waals surface area contributed by atoms with Gasteiger partial charge < -0.3 is 4.98 Å². The molecule has 2 N–H and O–H groups in total. The average molecular weight is 345 g/mol. The smallest absolute Gasteiger partial charge is 0.343 e. The van der Waals surface area contributed by atoms with E-state index in [9.17, 15) is 13.2 Å². The standard InChI is InChI=1S/C13H6F3N9/c14-13(15,16)11-22-10(23-24-11)8-9(7-3-18-5-20-7)25-4-6(1-17)2-19-12(25)21-8/h2-5H,(H,18,20)(H,22,23,24). The number of aromatic nitrogens is 8. The highest BCUT2D eigenvalue weighted by atomic mass is 19.4. The van der Waals surface area contributed by atoms with Crippen LogP contribution < -0.4 is 0 Å². The topological polar surface area (TPSA) is 124 Å². The molecule has 4 aromatic heterocycles. The maximum Gasteiger partial charge on any atom is 0.453 e. The molecule has 0 aliphatic rings. The molecule has 124 valence electrons. The molecule has 0 radical (unpaired) electrons. The molecule has 0 atom stereocenters. The highest BCUT2D eigenvalue weighted by Gasteiger charge is 2.36. The van der Waals surface area contributed by atoms with E-state index in [0.29, 0.717) is 11.4 Å². The van der Waals surface area contributed by atoms with E-state index >= 15 is 0 Å². The Kier molecular flexibility index (Phi) is 3.04. The highest BCUT2D eigenvalue weighted by Crippen LogP contribution is 2.32. The minimum atomic E-state index is -4.69. The van der Waals surface area contributed by atoms with Crippen molar-refractivity contribution in [3.8, 4) is 29.0 Å². The lowest BCUT2D eigenvalue weighted by Gasteiger charge is -2.01. The number of nitrogens with one attached hydrogen (secondary N) is 2. The lowest BCUT2D eigenvalue weighted by atomic mass is 10.2. The molecule has 4 heterocycles. The third kappa shape index (κ3) is 2.38. The van der Waals surface area contributed by atoms with Gasteiger partial charge in [0.2, 0.25) is 5.78 Å². The van der Waals surface area contributed by atoms with Crippen molar-refractivity contribution in [1.29, 1.82) is 5.26 Å². The predicted octanol–water partition coefficient (Wildman–Crippen LogP) is 1.79.